The fourth-order valence-electron chi connectivity index (χ4n) is 1.59. The highest BCUT2D eigenvalue weighted by Crippen LogP contribution is 2.32. The van der Waals surface area contributed by atoms with Crippen LogP contribution in [-0.4, -0.2) is 11.1 Å². The Hall–Kier alpha value is -2.01. The maximum Gasteiger partial charge on any atom is 0.335 e. The van der Waals surface area contributed by atoms with Crippen LogP contribution in [0.15, 0.2) is 30.3 Å². The van der Waals surface area contributed by atoms with Crippen molar-refractivity contribution < 1.29 is 23.1 Å². The van der Waals surface area contributed by atoms with Gasteiger partial charge in [-0.05, 0) is 24.3 Å². The topological polar surface area (TPSA) is 37.3 Å². The molecule has 2 rings (SSSR count). The van der Waals surface area contributed by atoms with E-state index in [0.717, 1.165) is 6.07 Å². The first kappa shape index (κ1) is 13.4. The molecule has 0 amide bonds. The summed E-state index contributed by atoms with van der Waals surface area (Å²) in [6.07, 6.45) is 0. The summed E-state index contributed by atoms with van der Waals surface area (Å²) in [5.41, 5.74) is -0.450. The number of hydrogen-bond donors (Lipinski definition) is 1. The lowest BCUT2D eigenvalue weighted by Gasteiger charge is -2.08. The Morgan fingerprint density at radius 2 is 1.58 bits per heavy atom. The van der Waals surface area contributed by atoms with Crippen molar-refractivity contribution in [1.82, 2.24) is 0 Å². The Morgan fingerprint density at radius 1 is 0.947 bits per heavy atom. The van der Waals surface area contributed by atoms with Gasteiger partial charge in [0.1, 0.15) is 5.82 Å². The van der Waals surface area contributed by atoms with Gasteiger partial charge < -0.3 is 5.11 Å². The molecular formula is C13H6ClF3O2. The molecule has 2 aromatic rings. The summed E-state index contributed by atoms with van der Waals surface area (Å²) in [7, 11) is 0. The van der Waals surface area contributed by atoms with Gasteiger partial charge in [0.05, 0.1) is 5.56 Å². The first-order valence-corrected chi connectivity index (χ1v) is 5.45. The van der Waals surface area contributed by atoms with E-state index in [1.165, 1.54) is 12.1 Å². The average Bonchev–Trinajstić information content (AvgIpc) is 2.34. The number of hydrogen-bond acceptors (Lipinski definition) is 1. The molecular weight excluding hydrogens is 281 g/mol. The summed E-state index contributed by atoms with van der Waals surface area (Å²) in [4.78, 5) is 10.8. The number of aromatic carboxylic acids is 1. The fraction of sp³-hybridized carbons (Fsp3) is 0. The third-order valence-corrected chi connectivity index (χ3v) is 2.84. The highest BCUT2D eigenvalue weighted by molar-refractivity contribution is 6.33. The molecule has 0 atom stereocenters. The molecule has 6 heteroatoms. The van der Waals surface area contributed by atoms with Crippen molar-refractivity contribution in [2.75, 3.05) is 0 Å². The molecule has 0 aromatic heterocycles. The highest BCUT2D eigenvalue weighted by Gasteiger charge is 2.15. The number of rotatable bonds is 2. The first-order chi connectivity index (χ1) is 8.90. The number of carbonyl (C=O) groups is 1. The SMILES string of the molecule is O=C(O)c1ccc(Cl)c(-c2cc(F)c(F)cc2F)c1. The Kier molecular flexibility index (Phi) is 3.48. The minimum Gasteiger partial charge on any atom is -0.478 e. The van der Waals surface area contributed by atoms with Gasteiger partial charge in [-0.3, -0.25) is 0 Å². The van der Waals surface area contributed by atoms with Crippen LogP contribution in [0.4, 0.5) is 13.2 Å². The van der Waals surface area contributed by atoms with Gasteiger partial charge in [0.2, 0.25) is 0 Å². The molecule has 0 spiro atoms. The third kappa shape index (κ3) is 2.56. The van der Waals surface area contributed by atoms with Gasteiger partial charge in [-0.25, -0.2) is 18.0 Å². The molecule has 98 valence electrons. The molecule has 2 aromatic carbocycles. The minimum absolute atomic E-state index is 0.0158. The van der Waals surface area contributed by atoms with Crippen LogP contribution in [0, 0.1) is 17.5 Å². The van der Waals surface area contributed by atoms with Crippen molar-refractivity contribution in [2.24, 2.45) is 0 Å². The van der Waals surface area contributed by atoms with Crippen LogP contribution in [-0.2, 0) is 0 Å². The van der Waals surface area contributed by atoms with E-state index in [2.05, 4.69) is 0 Å². The Labute approximate surface area is 111 Å². The Morgan fingerprint density at radius 3 is 2.21 bits per heavy atom. The van der Waals surface area contributed by atoms with Gasteiger partial charge >= 0.3 is 5.97 Å². The predicted octanol–water partition coefficient (Wildman–Crippen LogP) is 4.12. The number of halogens is 4. The maximum absolute atomic E-state index is 13.6. The molecule has 19 heavy (non-hydrogen) atoms. The van der Waals surface area contributed by atoms with E-state index < -0.39 is 23.4 Å². The maximum atomic E-state index is 13.6. The summed E-state index contributed by atoms with van der Waals surface area (Å²) < 4.78 is 39.6. The lowest BCUT2D eigenvalue weighted by atomic mass is 10.0. The summed E-state index contributed by atoms with van der Waals surface area (Å²) >= 11 is 5.82. The lowest BCUT2D eigenvalue weighted by molar-refractivity contribution is 0.0697. The van der Waals surface area contributed by atoms with Crippen molar-refractivity contribution in [1.29, 1.82) is 0 Å². The van der Waals surface area contributed by atoms with Crippen LogP contribution in [0.25, 0.3) is 11.1 Å². The molecule has 0 heterocycles. The van der Waals surface area contributed by atoms with Gasteiger partial charge in [-0.2, -0.15) is 0 Å². The van der Waals surface area contributed by atoms with E-state index in [-0.39, 0.29) is 21.7 Å². The second-order valence-electron chi connectivity index (χ2n) is 3.75. The van der Waals surface area contributed by atoms with E-state index >= 15 is 0 Å². The smallest absolute Gasteiger partial charge is 0.335 e. The van der Waals surface area contributed by atoms with Crippen LogP contribution < -0.4 is 0 Å². The van der Waals surface area contributed by atoms with E-state index in [0.29, 0.717) is 12.1 Å². The molecule has 0 aliphatic heterocycles. The largest absolute Gasteiger partial charge is 0.478 e. The van der Waals surface area contributed by atoms with E-state index in [4.69, 9.17) is 16.7 Å². The van der Waals surface area contributed by atoms with Crippen molar-refractivity contribution >= 4 is 17.6 Å². The zero-order valence-corrected chi connectivity index (χ0v) is 10.0. The normalized spacial score (nSPS) is 10.5. The molecule has 0 aliphatic rings. The molecule has 0 aliphatic carbocycles. The van der Waals surface area contributed by atoms with E-state index in [9.17, 15) is 18.0 Å². The molecule has 0 saturated heterocycles. The predicted molar refractivity (Wildman–Crippen MR) is 63.7 cm³/mol. The highest BCUT2D eigenvalue weighted by atomic mass is 35.5. The molecule has 0 saturated carbocycles. The van der Waals surface area contributed by atoms with Crippen LogP contribution in [0.2, 0.25) is 5.02 Å². The Bertz CT molecular complexity index is 671. The molecule has 0 unspecified atom stereocenters. The second-order valence-corrected chi connectivity index (χ2v) is 4.15. The number of carboxylic acids is 1. The van der Waals surface area contributed by atoms with E-state index in [1.807, 2.05) is 0 Å². The van der Waals surface area contributed by atoms with Crippen LogP contribution >= 0.6 is 11.6 Å². The van der Waals surface area contributed by atoms with Crippen LogP contribution in [0.3, 0.4) is 0 Å². The molecule has 0 bridgehead atoms. The van der Waals surface area contributed by atoms with Gasteiger partial charge in [0.25, 0.3) is 0 Å². The number of carboxylic acid groups (broad SMARTS) is 1. The standard InChI is InChI=1S/C13H6ClF3O2/c14-9-2-1-6(13(18)19)3-7(9)8-4-11(16)12(17)5-10(8)15/h1-5H,(H,18,19). The zero-order chi connectivity index (χ0) is 14.2. The fourth-order valence-corrected chi connectivity index (χ4v) is 1.81. The monoisotopic (exact) mass is 286 g/mol. The lowest BCUT2D eigenvalue weighted by Crippen LogP contribution is -1.98. The van der Waals surface area contributed by atoms with Crippen molar-refractivity contribution in [3.8, 4) is 11.1 Å². The molecule has 1 N–H and O–H groups in total. The van der Waals surface area contributed by atoms with Crippen molar-refractivity contribution in [2.45, 2.75) is 0 Å². The summed E-state index contributed by atoms with van der Waals surface area (Å²) in [6.45, 7) is 0. The Balaban J connectivity index is 2.67. The third-order valence-electron chi connectivity index (χ3n) is 2.51. The first-order valence-electron chi connectivity index (χ1n) is 5.08. The minimum atomic E-state index is -1.33. The van der Waals surface area contributed by atoms with E-state index in [1.54, 1.807) is 0 Å². The zero-order valence-electron chi connectivity index (χ0n) is 9.25. The van der Waals surface area contributed by atoms with Gasteiger partial charge in [0, 0.05) is 22.2 Å². The number of benzene rings is 2. The summed E-state index contributed by atoms with van der Waals surface area (Å²) in [5, 5.41) is 8.88. The summed E-state index contributed by atoms with van der Waals surface area (Å²) in [6, 6.07) is 4.60. The molecule has 2 nitrogen and oxygen atoms in total. The average molecular weight is 287 g/mol. The van der Waals surface area contributed by atoms with Gasteiger partial charge in [0.15, 0.2) is 11.6 Å². The van der Waals surface area contributed by atoms with Crippen LogP contribution in [0.1, 0.15) is 10.4 Å². The quantitative estimate of drug-likeness (QED) is 0.843. The second kappa shape index (κ2) is 4.93. The summed E-state index contributed by atoms with van der Waals surface area (Å²) in [5.74, 6) is -4.83. The van der Waals surface area contributed by atoms with Crippen molar-refractivity contribution in [3.63, 3.8) is 0 Å². The molecule has 0 radical (unpaired) electrons. The van der Waals surface area contributed by atoms with Gasteiger partial charge in [-0.1, -0.05) is 11.6 Å². The molecule has 0 fully saturated rings. The van der Waals surface area contributed by atoms with Gasteiger partial charge in [-0.15, -0.1) is 0 Å². The van der Waals surface area contributed by atoms with Crippen LogP contribution in [0.5, 0.6) is 0 Å². The van der Waals surface area contributed by atoms with Crippen molar-refractivity contribution in [3.05, 3.63) is 58.4 Å².